The average molecular weight is 309 g/mol. The van der Waals surface area contributed by atoms with Gasteiger partial charge in [-0.05, 0) is 25.0 Å². The van der Waals surface area contributed by atoms with Gasteiger partial charge in [-0.15, -0.1) is 5.10 Å². The number of hydrogen-bond donors (Lipinski definition) is 1. The van der Waals surface area contributed by atoms with Crippen molar-refractivity contribution in [2.24, 2.45) is 0 Å². The first-order chi connectivity index (χ1) is 11.1. The van der Waals surface area contributed by atoms with E-state index >= 15 is 0 Å². The molecule has 2 heterocycles. The minimum atomic E-state index is -0.445. The molecule has 0 aliphatic carbocycles. The lowest BCUT2D eigenvalue weighted by molar-refractivity contribution is 0.101. The zero-order chi connectivity index (χ0) is 16.2. The van der Waals surface area contributed by atoms with Gasteiger partial charge in [-0.1, -0.05) is 28.9 Å². The fraction of sp³-hybridized carbons (Fsp3) is 0.188. The van der Waals surface area contributed by atoms with Crippen molar-refractivity contribution in [2.45, 2.75) is 20.3 Å². The van der Waals surface area contributed by atoms with Crippen molar-refractivity contribution in [1.82, 2.24) is 20.2 Å². The summed E-state index contributed by atoms with van der Waals surface area (Å²) in [6.45, 7) is 4.08. The van der Waals surface area contributed by atoms with Gasteiger partial charge in [0.25, 0.3) is 5.91 Å². The van der Waals surface area contributed by atoms with Crippen LogP contribution in [0.3, 0.4) is 0 Å². The first-order valence-corrected chi connectivity index (χ1v) is 7.07. The van der Waals surface area contributed by atoms with Gasteiger partial charge in [0.05, 0.1) is 12.6 Å². The number of nitrogens with zero attached hydrogens (tertiary/aromatic N) is 4. The molecule has 1 amide bonds. The summed E-state index contributed by atoms with van der Waals surface area (Å²) in [5.41, 5.74) is 3.65. The monoisotopic (exact) mass is 309 g/mol. The summed E-state index contributed by atoms with van der Waals surface area (Å²) in [5.74, 6) is -0.00813. The summed E-state index contributed by atoms with van der Waals surface area (Å²) in [5, 5.41) is 10.3. The Morgan fingerprint density at radius 2 is 2.09 bits per heavy atom. The van der Waals surface area contributed by atoms with Crippen LogP contribution in [0.1, 0.15) is 33.1 Å². The van der Waals surface area contributed by atoms with Gasteiger partial charge in [-0.25, -0.2) is 4.98 Å². The van der Waals surface area contributed by atoms with Crippen molar-refractivity contribution in [3.63, 3.8) is 0 Å². The third-order valence-corrected chi connectivity index (χ3v) is 3.32. The number of nitrogens with one attached hydrogen (secondary N) is 1. The Bertz CT molecular complexity index is 829. The maximum atomic E-state index is 11.9. The van der Waals surface area contributed by atoms with Crippen LogP contribution in [0.15, 0.2) is 41.2 Å². The quantitative estimate of drug-likeness (QED) is 0.795. The lowest BCUT2D eigenvalue weighted by Gasteiger charge is -2.03. The van der Waals surface area contributed by atoms with Crippen LogP contribution in [0, 0.1) is 13.8 Å². The van der Waals surface area contributed by atoms with Crippen molar-refractivity contribution < 1.29 is 9.21 Å². The number of anilines is 1. The number of aryl methyl sites for hydroxylation is 2. The molecule has 0 unspecified atom stereocenters. The molecule has 1 aromatic carbocycles. The molecule has 1 N–H and O–H groups in total. The van der Waals surface area contributed by atoms with E-state index in [2.05, 4.69) is 31.5 Å². The van der Waals surface area contributed by atoms with Crippen molar-refractivity contribution in [2.75, 3.05) is 5.32 Å². The minimum absolute atomic E-state index is 0.0421. The van der Waals surface area contributed by atoms with E-state index in [-0.39, 0.29) is 11.7 Å². The van der Waals surface area contributed by atoms with Crippen LogP contribution in [-0.2, 0) is 6.42 Å². The molecule has 0 saturated carbocycles. The smallest absolute Gasteiger partial charge is 0.322 e. The summed E-state index contributed by atoms with van der Waals surface area (Å²) in [6, 6.07) is 6.21. The molecule has 3 aromatic rings. The Morgan fingerprint density at radius 1 is 1.22 bits per heavy atom. The molecule has 0 atom stereocenters. The van der Waals surface area contributed by atoms with E-state index in [0.29, 0.717) is 12.3 Å². The number of aromatic nitrogens is 4. The molecule has 0 aliphatic heterocycles. The number of carbonyl (C=O) groups is 1. The predicted octanol–water partition coefficient (Wildman–Crippen LogP) is 2.32. The van der Waals surface area contributed by atoms with Gasteiger partial charge in [0.15, 0.2) is 0 Å². The van der Waals surface area contributed by atoms with E-state index in [0.717, 1.165) is 11.1 Å². The first kappa shape index (κ1) is 14.8. The number of amides is 1. The molecule has 3 rings (SSSR count). The molecule has 0 bridgehead atoms. The van der Waals surface area contributed by atoms with Crippen molar-refractivity contribution in [3.8, 4) is 0 Å². The first-order valence-electron chi connectivity index (χ1n) is 7.07. The molecule has 0 fully saturated rings. The molecule has 116 valence electrons. The SMILES string of the molecule is Cc1ccc(Cc2nnc(NC(=O)c3cnccn3)o2)c(C)c1. The third kappa shape index (κ3) is 3.57. The zero-order valence-electron chi connectivity index (χ0n) is 12.8. The van der Waals surface area contributed by atoms with Crippen molar-refractivity contribution in [3.05, 3.63) is 65.1 Å². The van der Waals surface area contributed by atoms with Gasteiger partial charge in [0.1, 0.15) is 5.69 Å². The van der Waals surface area contributed by atoms with Crippen LogP contribution in [0.4, 0.5) is 6.01 Å². The maximum absolute atomic E-state index is 11.9. The van der Waals surface area contributed by atoms with Crippen LogP contribution in [0.2, 0.25) is 0 Å². The van der Waals surface area contributed by atoms with Crippen molar-refractivity contribution in [1.29, 1.82) is 0 Å². The second-order valence-corrected chi connectivity index (χ2v) is 5.15. The van der Waals surface area contributed by atoms with E-state index in [1.165, 1.54) is 24.2 Å². The molecule has 0 radical (unpaired) electrons. The molecular weight excluding hydrogens is 294 g/mol. The van der Waals surface area contributed by atoms with Crippen LogP contribution in [0.25, 0.3) is 0 Å². The minimum Gasteiger partial charge on any atom is -0.407 e. The summed E-state index contributed by atoms with van der Waals surface area (Å²) >= 11 is 0. The Hall–Kier alpha value is -3.09. The highest BCUT2D eigenvalue weighted by Gasteiger charge is 2.13. The highest BCUT2D eigenvalue weighted by atomic mass is 16.4. The van der Waals surface area contributed by atoms with E-state index in [4.69, 9.17) is 4.42 Å². The molecule has 7 heteroatoms. The third-order valence-electron chi connectivity index (χ3n) is 3.32. The van der Waals surface area contributed by atoms with Crippen molar-refractivity contribution >= 4 is 11.9 Å². The highest BCUT2D eigenvalue weighted by molar-refractivity contribution is 6.01. The Morgan fingerprint density at radius 3 is 2.83 bits per heavy atom. The lowest BCUT2D eigenvalue weighted by atomic mass is 10.0. The fourth-order valence-corrected chi connectivity index (χ4v) is 2.16. The number of carbonyl (C=O) groups excluding carboxylic acids is 1. The van der Waals surface area contributed by atoms with E-state index in [1.807, 2.05) is 26.0 Å². The normalized spacial score (nSPS) is 10.5. The van der Waals surface area contributed by atoms with Gasteiger partial charge in [-0.2, -0.15) is 0 Å². The molecule has 0 aliphatic rings. The predicted molar refractivity (Wildman–Crippen MR) is 83.0 cm³/mol. The van der Waals surface area contributed by atoms with E-state index in [1.54, 1.807) is 0 Å². The molecule has 0 saturated heterocycles. The molecule has 2 aromatic heterocycles. The summed E-state index contributed by atoms with van der Waals surface area (Å²) < 4.78 is 5.46. The van der Waals surface area contributed by atoms with Crippen LogP contribution < -0.4 is 5.32 Å². The fourth-order valence-electron chi connectivity index (χ4n) is 2.16. The number of rotatable bonds is 4. The van der Waals surface area contributed by atoms with Gasteiger partial charge >= 0.3 is 6.01 Å². The standard InChI is InChI=1S/C16H15N5O2/c1-10-3-4-12(11(2)7-10)8-14-20-21-16(23-14)19-15(22)13-9-17-5-6-18-13/h3-7,9H,8H2,1-2H3,(H,19,21,22). The van der Waals surface area contributed by atoms with E-state index in [9.17, 15) is 4.79 Å². The van der Waals surface area contributed by atoms with Gasteiger partial charge in [0, 0.05) is 12.4 Å². The molecule has 0 spiro atoms. The molecule has 23 heavy (non-hydrogen) atoms. The zero-order valence-corrected chi connectivity index (χ0v) is 12.8. The van der Waals surface area contributed by atoms with Crippen LogP contribution in [0.5, 0.6) is 0 Å². The average Bonchev–Trinajstić information content (AvgIpc) is 2.98. The van der Waals surface area contributed by atoms with Crippen LogP contribution in [-0.4, -0.2) is 26.1 Å². The molecule has 7 nitrogen and oxygen atoms in total. The summed E-state index contributed by atoms with van der Waals surface area (Å²) in [4.78, 5) is 19.7. The number of hydrogen-bond acceptors (Lipinski definition) is 6. The second kappa shape index (κ2) is 6.35. The summed E-state index contributed by atoms with van der Waals surface area (Å²) in [7, 11) is 0. The topological polar surface area (TPSA) is 93.8 Å². The largest absolute Gasteiger partial charge is 0.407 e. The summed E-state index contributed by atoms with van der Waals surface area (Å²) in [6.07, 6.45) is 4.81. The Balaban J connectivity index is 1.70. The van der Waals surface area contributed by atoms with Gasteiger partial charge in [-0.3, -0.25) is 15.1 Å². The second-order valence-electron chi connectivity index (χ2n) is 5.15. The highest BCUT2D eigenvalue weighted by Crippen LogP contribution is 2.16. The van der Waals surface area contributed by atoms with Gasteiger partial charge < -0.3 is 4.42 Å². The van der Waals surface area contributed by atoms with E-state index < -0.39 is 5.91 Å². The van der Waals surface area contributed by atoms with Gasteiger partial charge in [0.2, 0.25) is 5.89 Å². The molecular formula is C16H15N5O2. The lowest BCUT2D eigenvalue weighted by Crippen LogP contribution is -2.13. The number of benzene rings is 1. The Kier molecular flexibility index (Phi) is 4.09. The van der Waals surface area contributed by atoms with Crippen LogP contribution >= 0.6 is 0 Å². The Labute approximate surface area is 132 Å². The maximum Gasteiger partial charge on any atom is 0.322 e.